The number of nitrogens with zero attached hydrogens (tertiary/aromatic N) is 2. The Kier molecular flexibility index (Phi) is 1.66. The highest BCUT2D eigenvalue weighted by atomic mass is 79.9. The van der Waals surface area contributed by atoms with Crippen molar-refractivity contribution in [2.45, 2.75) is 0 Å². The second-order valence-electron chi connectivity index (χ2n) is 3.16. The van der Waals surface area contributed by atoms with Gasteiger partial charge in [-0.05, 0) is 18.2 Å². The van der Waals surface area contributed by atoms with Crippen LogP contribution in [-0.4, -0.2) is 20.4 Å². The van der Waals surface area contributed by atoms with Crippen LogP contribution in [0.2, 0.25) is 0 Å². The van der Waals surface area contributed by atoms with Gasteiger partial charge >= 0.3 is 0 Å². The Morgan fingerprint density at radius 3 is 2.93 bits per heavy atom. The van der Waals surface area contributed by atoms with Crippen molar-refractivity contribution in [3.63, 3.8) is 0 Å². The molecule has 0 aliphatic carbocycles. The topological polar surface area (TPSA) is 74.4 Å². The Balaban J connectivity index is 2.60. The van der Waals surface area contributed by atoms with Gasteiger partial charge < -0.3 is 0 Å². The fraction of sp³-hybridized carbons (Fsp3) is 0. The summed E-state index contributed by atoms with van der Waals surface area (Å²) in [6.07, 6.45) is 0. The maximum Gasteiger partial charge on any atom is 0.292 e. The number of benzene rings is 1. The average molecular weight is 265 g/mol. The van der Waals surface area contributed by atoms with Crippen LogP contribution in [-0.2, 0) is 0 Å². The summed E-state index contributed by atoms with van der Waals surface area (Å²) in [7, 11) is 0. The minimum absolute atomic E-state index is 0.248. The number of hydrogen-bond donors (Lipinski definition) is 2. The fourth-order valence-corrected chi connectivity index (χ4v) is 1.89. The van der Waals surface area contributed by atoms with E-state index in [4.69, 9.17) is 0 Å². The van der Waals surface area contributed by atoms with E-state index in [1.165, 1.54) is 0 Å². The first-order valence-electron chi connectivity index (χ1n) is 4.28. The highest BCUT2D eigenvalue weighted by Gasteiger charge is 2.07. The third-order valence-corrected chi connectivity index (χ3v) is 2.73. The minimum atomic E-state index is -0.248. The van der Waals surface area contributed by atoms with Crippen LogP contribution < -0.4 is 5.56 Å². The van der Waals surface area contributed by atoms with Crippen molar-refractivity contribution in [1.29, 1.82) is 0 Å². The van der Waals surface area contributed by atoms with Crippen molar-refractivity contribution in [1.82, 2.24) is 20.4 Å². The third-order valence-electron chi connectivity index (χ3n) is 2.24. The molecule has 0 aliphatic rings. The number of hydrogen-bond acceptors (Lipinski definition) is 3. The zero-order valence-electron chi connectivity index (χ0n) is 7.41. The van der Waals surface area contributed by atoms with Gasteiger partial charge in [-0.3, -0.25) is 15.0 Å². The van der Waals surface area contributed by atoms with E-state index in [0.29, 0.717) is 11.0 Å². The maximum atomic E-state index is 11.3. The molecule has 0 radical (unpaired) electrons. The number of nitrogens with one attached hydrogen (secondary N) is 2. The van der Waals surface area contributed by atoms with E-state index in [2.05, 4.69) is 36.3 Å². The molecule has 2 N–H and O–H groups in total. The number of aromatic nitrogens is 4. The Bertz CT molecular complexity index is 715. The lowest BCUT2D eigenvalue weighted by Gasteiger charge is -1.96. The molecule has 5 nitrogen and oxygen atoms in total. The number of aromatic amines is 2. The van der Waals surface area contributed by atoms with Gasteiger partial charge in [0.05, 0.1) is 11.0 Å². The van der Waals surface area contributed by atoms with Crippen molar-refractivity contribution in [2.24, 2.45) is 0 Å². The second kappa shape index (κ2) is 2.90. The van der Waals surface area contributed by atoms with E-state index in [9.17, 15) is 4.79 Å². The Morgan fingerprint density at radius 1 is 1.20 bits per heavy atom. The van der Waals surface area contributed by atoms with Crippen LogP contribution in [0.1, 0.15) is 0 Å². The van der Waals surface area contributed by atoms with Gasteiger partial charge in [-0.15, -0.1) is 10.2 Å². The summed E-state index contributed by atoms with van der Waals surface area (Å²) in [5, 5.41) is 14.0. The van der Waals surface area contributed by atoms with Crippen LogP contribution in [0.15, 0.2) is 27.5 Å². The maximum absolute atomic E-state index is 11.3. The molecule has 0 bridgehead atoms. The number of rotatable bonds is 0. The second-order valence-corrected chi connectivity index (χ2v) is 4.08. The van der Waals surface area contributed by atoms with Gasteiger partial charge in [-0.25, -0.2) is 0 Å². The zero-order chi connectivity index (χ0) is 10.4. The monoisotopic (exact) mass is 264 g/mol. The first-order chi connectivity index (χ1) is 7.25. The Labute approximate surface area is 91.6 Å². The van der Waals surface area contributed by atoms with E-state index in [0.717, 1.165) is 15.4 Å². The molecule has 0 atom stereocenters. The molecule has 0 fully saturated rings. The molecule has 0 aliphatic heterocycles. The lowest BCUT2D eigenvalue weighted by molar-refractivity contribution is 1.08. The Morgan fingerprint density at radius 2 is 2.07 bits per heavy atom. The van der Waals surface area contributed by atoms with Crippen molar-refractivity contribution >= 4 is 37.9 Å². The highest BCUT2D eigenvalue weighted by molar-refractivity contribution is 9.10. The lowest BCUT2D eigenvalue weighted by Crippen LogP contribution is -2.00. The first kappa shape index (κ1) is 8.60. The van der Waals surface area contributed by atoms with E-state index in [1.807, 2.05) is 18.2 Å². The molecule has 2 aromatic heterocycles. The van der Waals surface area contributed by atoms with E-state index < -0.39 is 0 Å². The van der Waals surface area contributed by atoms with Crippen molar-refractivity contribution in [3.8, 4) is 0 Å². The van der Waals surface area contributed by atoms with Gasteiger partial charge in [0.25, 0.3) is 5.56 Å². The van der Waals surface area contributed by atoms with Crippen molar-refractivity contribution in [2.75, 3.05) is 0 Å². The third kappa shape index (κ3) is 1.18. The molecule has 3 rings (SSSR count). The fourth-order valence-electron chi connectivity index (χ4n) is 1.54. The van der Waals surface area contributed by atoms with Crippen molar-refractivity contribution in [3.05, 3.63) is 33.0 Å². The molecular formula is C9H5BrN4O. The molecule has 0 amide bonds. The zero-order valence-corrected chi connectivity index (χ0v) is 9.00. The molecular weight excluding hydrogens is 260 g/mol. The van der Waals surface area contributed by atoms with Gasteiger partial charge in [0.1, 0.15) is 0 Å². The van der Waals surface area contributed by atoms with Gasteiger partial charge in [0.2, 0.25) is 0 Å². The predicted molar refractivity (Wildman–Crippen MR) is 59.7 cm³/mol. The van der Waals surface area contributed by atoms with Crippen LogP contribution in [0.25, 0.3) is 21.9 Å². The first-order valence-corrected chi connectivity index (χ1v) is 5.07. The summed E-state index contributed by atoms with van der Waals surface area (Å²) >= 11 is 3.35. The summed E-state index contributed by atoms with van der Waals surface area (Å²) in [5.74, 6) is 0. The van der Waals surface area contributed by atoms with Gasteiger partial charge in [-0.2, -0.15) is 0 Å². The highest BCUT2D eigenvalue weighted by Crippen LogP contribution is 2.21. The minimum Gasteiger partial charge on any atom is -0.295 e. The van der Waals surface area contributed by atoms with Crippen molar-refractivity contribution < 1.29 is 0 Å². The smallest absolute Gasteiger partial charge is 0.292 e. The van der Waals surface area contributed by atoms with Crippen LogP contribution in [0.4, 0.5) is 0 Å². The summed E-state index contributed by atoms with van der Waals surface area (Å²) in [4.78, 5) is 11.3. The quantitative estimate of drug-likeness (QED) is 0.647. The number of H-pyrrole nitrogens is 2. The van der Waals surface area contributed by atoms with Gasteiger partial charge in [0, 0.05) is 9.86 Å². The lowest BCUT2D eigenvalue weighted by atomic mass is 10.2. The molecule has 0 unspecified atom stereocenters. The van der Waals surface area contributed by atoms with E-state index >= 15 is 0 Å². The van der Waals surface area contributed by atoms with E-state index in [1.54, 1.807) is 0 Å². The molecule has 0 saturated heterocycles. The molecule has 74 valence electrons. The SMILES string of the molecule is O=c1[nH][nH]c2c1nnc1cc(Br)ccc12. The summed E-state index contributed by atoms with van der Waals surface area (Å²) in [6, 6.07) is 5.64. The van der Waals surface area contributed by atoms with Crippen LogP contribution in [0.5, 0.6) is 0 Å². The molecule has 0 saturated carbocycles. The summed E-state index contributed by atoms with van der Waals surface area (Å²) in [6.45, 7) is 0. The van der Waals surface area contributed by atoms with Gasteiger partial charge in [0.15, 0.2) is 5.52 Å². The van der Waals surface area contributed by atoms with E-state index in [-0.39, 0.29) is 5.56 Å². The largest absolute Gasteiger partial charge is 0.295 e. The normalized spacial score (nSPS) is 11.3. The predicted octanol–water partition coefficient (Wildman–Crippen LogP) is 1.56. The molecule has 6 heteroatoms. The summed E-state index contributed by atoms with van der Waals surface area (Å²) < 4.78 is 0.932. The molecule has 0 spiro atoms. The number of fused-ring (bicyclic) bond motifs is 3. The Hall–Kier alpha value is -1.69. The van der Waals surface area contributed by atoms with Crippen LogP contribution >= 0.6 is 15.9 Å². The molecule has 3 aromatic rings. The van der Waals surface area contributed by atoms with Crippen LogP contribution in [0.3, 0.4) is 0 Å². The molecule has 2 heterocycles. The molecule has 1 aromatic carbocycles. The van der Waals surface area contributed by atoms with Gasteiger partial charge in [-0.1, -0.05) is 15.9 Å². The number of halogens is 1. The standard InChI is InChI=1S/C9H5BrN4O/c10-4-1-2-5-6(3-4)11-13-8-7(5)12-14-9(8)15/h1-3H,(H2,12,14,15). The van der Waals surface area contributed by atoms with Crippen LogP contribution in [0, 0.1) is 0 Å². The summed E-state index contributed by atoms with van der Waals surface area (Å²) in [5.41, 5.74) is 1.52. The average Bonchev–Trinajstić information content (AvgIpc) is 2.60. The molecule has 15 heavy (non-hydrogen) atoms.